The normalized spacial score (nSPS) is 19.9. The topological polar surface area (TPSA) is 52.6 Å². The molecule has 94 valence electrons. The standard InChI is InChI=1S/C11H22N2O2S/c1-9(2)10(11(14)15)12-3-4-13-5-7-16-8-6-13/h9-10,12H,3-8H2,1-2H3,(H,14,15). The molecule has 4 nitrogen and oxygen atoms in total. The summed E-state index contributed by atoms with van der Waals surface area (Å²) >= 11 is 1.99. The Morgan fingerprint density at radius 2 is 2.06 bits per heavy atom. The van der Waals surface area contributed by atoms with E-state index in [-0.39, 0.29) is 5.92 Å². The van der Waals surface area contributed by atoms with Crippen molar-refractivity contribution in [3.8, 4) is 0 Å². The average Bonchev–Trinajstić information content (AvgIpc) is 2.24. The van der Waals surface area contributed by atoms with Gasteiger partial charge in [0.25, 0.3) is 0 Å². The monoisotopic (exact) mass is 246 g/mol. The van der Waals surface area contributed by atoms with Gasteiger partial charge >= 0.3 is 5.97 Å². The molecule has 16 heavy (non-hydrogen) atoms. The highest BCUT2D eigenvalue weighted by molar-refractivity contribution is 7.99. The van der Waals surface area contributed by atoms with Crippen LogP contribution in [0.15, 0.2) is 0 Å². The SMILES string of the molecule is CC(C)C(NCCN1CCSCC1)C(=O)O. The van der Waals surface area contributed by atoms with Crippen LogP contribution in [0.4, 0.5) is 0 Å². The lowest BCUT2D eigenvalue weighted by Crippen LogP contribution is -2.45. The maximum absolute atomic E-state index is 10.9. The molecule has 1 rings (SSSR count). The number of rotatable bonds is 6. The molecule has 1 aliphatic rings. The summed E-state index contributed by atoms with van der Waals surface area (Å²) in [5, 5.41) is 12.1. The lowest BCUT2D eigenvalue weighted by atomic mass is 10.1. The second kappa shape index (κ2) is 7.14. The predicted octanol–water partition coefficient (Wildman–Crippen LogP) is 0.734. The van der Waals surface area contributed by atoms with E-state index in [4.69, 9.17) is 5.11 Å². The molecule has 5 heteroatoms. The third-order valence-corrected chi connectivity index (χ3v) is 3.77. The summed E-state index contributed by atoms with van der Waals surface area (Å²) < 4.78 is 0. The Balaban J connectivity index is 2.19. The van der Waals surface area contributed by atoms with Crippen LogP contribution < -0.4 is 5.32 Å². The first-order valence-electron chi connectivity index (χ1n) is 5.87. The van der Waals surface area contributed by atoms with Gasteiger partial charge in [-0.05, 0) is 5.92 Å². The van der Waals surface area contributed by atoms with E-state index in [1.807, 2.05) is 25.6 Å². The van der Waals surface area contributed by atoms with E-state index < -0.39 is 12.0 Å². The maximum Gasteiger partial charge on any atom is 0.320 e. The lowest BCUT2D eigenvalue weighted by molar-refractivity contribution is -0.140. The van der Waals surface area contributed by atoms with Gasteiger partial charge in [0.15, 0.2) is 0 Å². The van der Waals surface area contributed by atoms with Gasteiger partial charge in [-0.15, -0.1) is 0 Å². The maximum atomic E-state index is 10.9. The Labute approximate surface area is 102 Å². The van der Waals surface area contributed by atoms with Crippen molar-refractivity contribution < 1.29 is 9.90 Å². The van der Waals surface area contributed by atoms with Gasteiger partial charge in [-0.25, -0.2) is 0 Å². The zero-order valence-corrected chi connectivity index (χ0v) is 10.9. The number of aliphatic carboxylic acids is 1. The van der Waals surface area contributed by atoms with Gasteiger partial charge in [-0.3, -0.25) is 4.79 Å². The molecule has 1 saturated heterocycles. The molecular weight excluding hydrogens is 224 g/mol. The number of thioether (sulfide) groups is 1. The fourth-order valence-corrected chi connectivity index (χ4v) is 2.79. The highest BCUT2D eigenvalue weighted by atomic mass is 32.2. The minimum atomic E-state index is -0.746. The van der Waals surface area contributed by atoms with Crippen molar-refractivity contribution >= 4 is 17.7 Å². The fraction of sp³-hybridized carbons (Fsp3) is 0.909. The molecule has 0 spiro atoms. The Morgan fingerprint density at radius 1 is 1.44 bits per heavy atom. The van der Waals surface area contributed by atoms with E-state index in [2.05, 4.69) is 10.2 Å². The molecule has 0 amide bonds. The first-order valence-corrected chi connectivity index (χ1v) is 7.03. The van der Waals surface area contributed by atoms with Crippen LogP contribution >= 0.6 is 11.8 Å². The van der Waals surface area contributed by atoms with E-state index in [0.29, 0.717) is 0 Å². The first-order chi connectivity index (χ1) is 7.61. The zero-order valence-electron chi connectivity index (χ0n) is 10.1. The Kier molecular flexibility index (Phi) is 6.16. The van der Waals surface area contributed by atoms with E-state index in [1.165, 1.54) is 11.5 Å². The zero-order chi connectivity index (χ0) is 12.0. The summed E-state index contributed by atoms with van der Waals surface area (Å²) in [6, 6.07) is -0.417. The van der Waals surface area contributed by atoms with Gasteiger partial charge in [-0.1, -0.05) is 13.8 Å². The molecule has 0 saturated carbocycles. The van der Waals surface area contributed by atoms with Crippen molar-refractivity contribution in [1.82, 2.24) is 10.2 Å². The number of nitrogens with one attached hydrogen (secondary N) is 1. The van der Waals surface area contributed by atoms with E-state index >= 15 is 0 Å². The fourth-order valence-electron chi connectivity index (χ4n) is 1.81. The van der Waals surface area contributed by atoms with Gasteiger partial charge in [0.1, 0.15) is 6.04 Å². The third kappa shape index (κ3) is 4.72. The molecule has 0 aliphatic carbocycles. The highest BCUT2D eigenvalue weighted by Crippen LogP contribution is 2.08. The van der Waals surface area contributed by atoms with Crippen LogP contribution in [0, 0.1) is 5.92 Å². The molecule has 0 aromatic heterocycles. The Morgan fingerprint density at radius 3 is 2.56 bits per heavy atom. The summed E-state index contributed by atoms with van der Waals surface area (Å²) in [5.41, 5.74) is 0. The number of nitrogens with zero attached hydrogens (tertiary/aromatic N) is 1. The van der Waals surface area contributed by atoms with Crippen LogP contribution in [-0.4, -0.2) is 59.7 Å². The first kappa shape index (κ1) is 13.8. The Hall–Kier alpha value is -0.260. The average molecular weight is 246 g/mol. The number of carboxylic acids is 1. The largest absolute Gasteiger partial charge is 0.480 e. The number of carboxylic acid groups (broad SMARTS) is 1. The minimum Gasteiger partial charge on any atom is -0.480 e. The molecule has 0 radical (unpaired) electrons. The van der Waals surface area contributed by atoms with Crippen molar-refractivity contribution in [1.29, 1.82) is 0 Å². The smallest absolute Gasteiger partial charge is 0.320 e. The summed E-state index contributed by atoms with van der Waals surface area (Å²) in [4.78, 5) is 13.3. The second-order valence-electron chi connectivity index (χ2n) is 4.47. The van der Waals surface area contributed by atoms with E-state index in [9.17, 15) is 4.79 Å². The third-order valence-electron chi connectivity index (χ3n) is 2.83. The van der Waals surface area contributed by atoms with Gasteiger partial charge in [0.05, 0.1) is 0 Å². The summed E-state index contributed by atoms with van der Waals surface area (Å²) in [6.07, 6.45) is 0. The van der Waals surface area contributed by atoms with Gasteiger partial charge < -0.3 is 15.3 Å². The summed E-state index contributed by atoms with van der Waals surface area (Å²) in [5.74, 6) is 1.79. The molecule has 1 aliphatic heterocycles. The highest BCUT2D eigenvalue weighted by Gasteiger charge is 2.20. The van der Waals surface area contributed by atoms with Crippen LogP contribution in [-0.2, 0) is 4.79 Å². The molecule has 1 heterocycles. The molecule has 2 N–H and O–H groups in total. The molecule has 1 unspecified atom stereocenters. The minimum absolute atomic E-state index is 0.134. The summed E-state index contributed by atoms with van der Waals surface area (Å²) in [6.45, 7) is 7.85. The van der Waals surface area contributed by atoms with E-state index in [1.54, 1.807) is 0 Å². The van der Waals surface area contributed by atoms with Gasteiger partial charge in [0.2, 0.25) is 0 Å². The van der Waals surface area contributed by atoms with Crippen molar-refractivity contribution in [3.05, 3.63) is 0 Å². The van der Waals surface area contributed by atoms with Crippen molar-refractivity contribution in [2.75, 3.05) is 37.7 Å². The number of carbonyl (C=O) groups is 1. The van der Waals surface area contributed by atoms with Gasteiger partial charge in [-0.2, -0.15) is 11.8 Å². The molecular formula is C11H22N2O2S. The molecule has 0 aromatic rings. The quantitative estimate of drug-likeness (QED) is 0.724. The van der Waals surface area contributed by atoms with E-state index in [0.717, 1.165) is 26.2 Å². The predicted molar refractivity (Wildman–Crippen MR) is 68.0 cm³/mol. The van der Waals surface area contributed by atoms with Crippen molar-refractivity contribution in [2.24, 2.45) is 5.92 Å². The van der Waals surface area contributed by atoms with Crippen LogP contribution in [0.2, 0.25) is 0 Å². The molecule has 1 atom stereocenters. The second-order valence-corrected chi connectivity index (χ2v) is 5.69. The number of hydrogen-bond donors (Lipinski definition) is 2. The van der Waals surface area contributed by atoms with Crippen LogP contribution in [0.25, 0.3) is 0 Å². The van der Waals surface area contributed by atoms with Crippen molar-refractivity contribution in [2.45, 2.75) is 19.9 Å². The van der Waals surface area contributed by atoms with Gasteiger partial charge in [0, 0.05) is 37.7 Å². The van der Waals surface area contributed by atoms with Crippen molar-refractivity contribution in [3.63, 3.8) is 0 Å². The lowest BCUT2D eigenvalue weighted by Gasteiger charge is -2.27. The van der Waals surface area contributed by atoms with Crippen LogP contribution in [0.3, 0.4) is 0 Å². The van der Waals surface area contributed by atoms with Crippen LogP contribution in [0.5, 0.6) is 0 Å². The molecule has 0 bridgehead atoms. The van der Waals surface area contributed by atoms with Crippen LogP contribution in [0.1, 0.15) is 13.8 Å². The summed E-state index contributed by atoms with van der Waals surface area (Å²) in [7, 11) is 0. The molecule has 1 fully saturated rings. The Bertz CT molecular complexity index is 218. The molecule has 0 aromatic carbocycles. The number of hydrogen-bond acceptors (Lipinski definition) is 4.